The highest BCUT2D eigenvalue weighted by Gasteiger charge is 2.40. The summed E-state index contributed by atoms with van der Waals surface area (Å²) in [6, 6.07) is 0.782. The first kappa shape index (κ1) is 28.9. The minimum Gasteiger partial charge on any atom is -0.349 e. The Balaban J connectivity index is 1.41. The van der Waals surface area contributed by atoms with Crippen LogP contribution in [0.2, 0.25) is 0 Å². The van der Waals surface area contributed by atoms with Gasteiger partial charge in [0.25, 0.3) is 5.91 Å². The van der Waals surface area contributed by atoms with Crippen molar-refractivity contribution in [2.24, 2.45) is 11.8 Å². The molecule has 5 rings (SSSR count). The predicted molar refractivity (Wildman–Crippen MR) is 135 cm³/mol. The Morgan fingerprint density at radius 1 is 1.05 bits per heavy atom. The number of rotatable bonds is 10. The highest BCUT2D eigenvalue weighted by atomic mass is 19.4. The number of halogens is 5. The average molecular weight is 583 g/mol. The van der Waals surface area contributed by atoms with Crippen molar-refractivity contribution in [3.05, 3.63) is 41.6 Å². The fraction of sp³-hybridized carbons (Fsp3) is 0.615. The van der Waals surface area contributed by atoms with Crippen LogP contribution in [0.15, 0.2) is 24.7 Å². The standard InChI is InChI=1S/C26H31F5N8O2/c1-2-3-21(40)35-22(15-4-5-15)17-10-20-34-19(13-38(20)32-11-17)23(16-6-8-25(27,28)9-7-16)36-24(41)18-12-33-39(37-18)14-26(29,30)31/h10-13,15-16,22-23H,2-9,14H2,1H3,(H,35,40)(H,36,41)/t22-,23+/m1/s1. The molecule has 3 heterocycles. The first-order valence-corrected chi connectivity index (χ1v) is 13.7. The number of carbonyl (C=O) groups excluding carboxylic acids is 2. The highest BCUT2D eigenvalue weighted by Crippen LogP contribution is 2.42. The monoisotopic (exact) mass is 582 g/mol. The van der Waals surface area contributed by atoms with Crippen LogP contribution in [0.5, 0.6) is 0 Å². The van der Waals surface area contributed by atoms with Gasteiger partial charge < -0.3 is 10.6 Å². The SMILES string of the molecule is CCCC(=O)N[C@@H](c1cnn2cc([C@@H](NC(=O)c3cnn(CC(F)(F)F)n3)C3CCC(F)(F)CC3)nc2c1)C1CC1. The van der Waals surface area contributed by atoms with Gasteiger partial charge in [0.05, 0.1) is 36.4 Å². The van der Waals surface area contributed by atoms with E-state index in [2.05, 4.69) is 30.9 Å². The largest absolute Gasteiger partial charge is 0.409 e. The van der Waals surface area contributed by atoms with E-state index in [0.717, 1.165) is 31.0 Å². The molecule has 2 atom stereocenters. The molecule has 0 bridgehead atoms. The van der Waals surface area contributed by atoms with Gasteiger partial charge in [-0.05, 0) is 55.6 Å². The molecule has 222 valence electrons. The van der Waals surface area contributed by atoms with Gasteiger partial charge in [-0.2, -0.15) is 28.2 Å². The molecule has 0 unspecified atom stereocenters. The van der Waals surface area contributed by atoms with E-state index in [1.165, 1.54) is 4.52 Å². The zero-order chi connectivity index (χ0) is 29.4. The van der Waals surface area contributed by atoms with E-state index in [4.69, 9.17) is 0 Å². The Morgan fingerprint density at radius 2 is 1.76 bits per heavy atom. The minimum atomic E-state index is -4.57. The molecule has 10 nitrogen and oxygen atoms in total. The third-order valence-electron chi connectivity index (χ3n) is 7.53. The Labute approximate surface area is 232 Å². The summed E-state index contributed by atoms with van der Waals surface area (Å²) in [5.74, 6) is -3.74. The zero-order valence-corrected chi connectivity index (χ0v) is 22.4. The fourth-order valence-corrected chi connectivity index (χ4v) is 5.29. The summed E-state index contributed by atoms with van der Waals surface area (Å²) in [7, 11) is 0. The molecule has 0 saturated heterocycles. The number of fused-ring (bicyclic) bond motifs is 1. The lowest BCUT2D eigenvalue weighted by atomic mass is 9.81. The van der Waals surface area contributed by atoms with E-state index in [1.54, 1.807) is 12.4 Å². The van der Waals surface area contributed by atoms with E-state index in [9.17, 15) is 31.5 Å². The zero-order valence-electron chi connectivity index (χ0n) is 22.4. The third kappa shape index (κ3) is 7.17. The van der Waals surface area contributed by atoms with Crippen LogP contribution in [0.25, 0.3) is 5.65 Å². The maximum Gasteiger partial charge on any atom is 0.409 e. The summed E-state index contributed by atoms with van der Waals surface area (Å²) in [6.07, 6.45) is 2.21. The topological polar surface area (TPSA) is 119 Å². The number of amides is 2. The van der Waals surface area contributed by atoms with Crippen LogP contribution in [0.4, 0.5) is 22.0 Å². The van der Waals surface area contributed by atoms with Crippen LogP contribution in [0.1, 0.15) is 92.1 Å². The summed E-state index contributed by atoms with van der Waals surface area (Å²) < 4.78 is 67.5. The van der Waals surface area contributed by atoms with Gasteiger partial charge in [0.1, 0.15) is 0 Å². The summed E-state index contributed by atoms with van der Waals surface area (Å²) in [6.45, 7) is 0.473. The quantitative estimate of drug-likeness (QED) is 0.339. The van der Waals surface area contributed by atoms with Crippen LogP contribution in [0.3, 0.4) is 0 Å². The Morgan fingerprint density at radius 3 is 2.41 bits per heavy atom. The normalized spacial score (nSPS) is 19.2. The Bertz CT molecular complexity index is 1390. The second kappa shape index (κ2) is 11.3. The lowest BCUT2D eigenvalue weighted by Gasteiger charge is -2.33. The van der Waals surface area contributed by atoms with Gasteiger partial charge >= 0.3 is 6.18 Å². The number of hydrogen-bond acceptors (Lipinski definition) is 6. The van der Waals surface area contributed by atoms with Crippen molar-refractivity contribution in [1.29, 1.82) is 0 Å². The van der Waals surface area contributed by atoms with Crippen molar-refractivity contribution in [2.45, 2.75) is 89.0 Å². The van der Waals surface area contributed by atoms with E-state index in [-0.39, 0.29) is 43.3 Å². The summed E-state index contributed by atoms with van der Waals surface area (Å²) >= 11 is 0. The maximum absolute atomic E-state index is 13.9. The van der Waals surface area contributed by atoms with Gasteiger partial charge in [-0.25, -0.2) is 18.3 Å². The molecule has 2 fully saturated rings. The molecule has 15 heteroatoms. The predicted octanol–water partition coefficient (Wildman–Crippen LogP) is 4.55. The molecule has 0 aliphatic heterocycles. The van der Waals surface area contributed by atoms with E-state index in [1.807, 2.05) is 13.0 Å². The molecule has 3 aromatic rings. The molecule has 0 spiro atoms. The van der Waals surface area contributed by atoms with Crippen molar-refractivity contribution in [3.8, 4) is 0 Å². The molecular formula is C26H31F5N8O2. The molecule has 3 aromatic heterocycles. The second-order valence-electron chi connectivity index (χ2n) is 10.9. The van der Waals surface area contributed by atoms with E-state index in [0.29, 0.717) is 28.5 Å². The van der Waals surface area contributed by atoms with Gasteiger partial charge in [-0.3, -0.25) is 9.59 Å². The van der Waals surface area contributed by atoms with Crippen LogP contribution in [-0.4, -0.2) is 53.5 Å². The van der Waals surface area contributed by atoms with E-state index < -0.39 is 36.5 Å². The van der Waals surface area contributed by atoms with Gasteiger partial charge in [0.15, 0.2) is 17.9 Å². The fourth-order valence-electron chi connectivity index (χ4n) is 5.29. The maximum atomic E-state index is 13.9. The Hall–Kier alpha value is -3.65. The first-order valence-electron chi connectivity index (χ1n) is 13.7. The number of imidazole rings is 1. The smallest absolute Gasteiger partial charge is 0.349 e. The van der Waals surface area contributed by atoms with Crippen molar-refractivity contribution < 1.29 is 31.5 Å². The number of carbonyl (C=O) groups is 2. The minimum absolute atomic E-state index is 0.0441. The lowest BCUT2D eigenvalue weighted by Crippen LogP contribution is -2.37. The molecular weight excluding hydrogens is 551 g/mol. The number of aromatic nitrogens is 6. The molecule has 2 aliphatic rings. The highest BCUT2D eigenvalue weighted by molar-refractivity contribution is 5.92. The average Bonchev–Trinajstić information content (AvgIpc) is 3.48. The van der Waals surface area contributed by atoms with Crippen molar-refractivity contribution in [2.75, 3.05) is 0 Å². The molecule has 0 radical (unpaired) electrons. The number of hydrogen-bond donors (Lipinski definition) is 2. The Kier molecular flexibility index (Phi) is 7.97. The van der Waals surface area contributed by atoms with Crippen molar-refractivity contribution in [3.63, 3.8) is 0 Å². The summed E-state index contributed by atoms with van der Waals surface area (Å²) in [5.41, 5.74) is 1.28. The number of alkyl halides is 5. The first-order chi connectivity index (χ1) is 19.4. The molecule has 2 amide bonds. The third-order valence-corrected chi connectivity index (χ3v) is 7.53. The number of nitrogens with one attached hydrogen (secondary N) is 2. The van der Waals surface area contributed by atoms with Gasteiger partial charge in [0, 0.05) is 19.3 Å². The van der Waals surface area contributed by atoms with Crippen LogP contribution in [-0.2, 0) is 11.3 Å². The molecule has 2 saturated carbocycles. The van der Waals surface area contributed by atoms with Crippen LogP contribution >= 0.6 is 0 Å². The number of nitrogens with zero attached hydrogens (tertiary/aromatic N) is 6. The van der Waals surface area contributed by atoms with Gasteiger partial charge in [-0.1, -0.05) is 6.92 Å². The lowest BCUT2D eigenvalue weighted by molar-refractivity contribution is -0.145. The second-order valence-corrected chi connectivity index (χ2v) is 10.9. The molecule has 0 aromatic carbocycles. The van der Waals surface area contributed by atoms with Crippen LogP contribution in [0, 0.1) is 11.8 Å². The summed E-state index contributed by atoms with van der Waals surface area (Å²) in [4.78, 5) is 30.4. The van der Waals surface area contributed by atoms with Crippen molar-refractivity contribution in [1.82, 2.24) is 40.2 Å². The van der Waals surface area contributed by atoms with Crippen LogP contribution < -0.4 is 10.6 Å². The van der Waals surface area contributed by atoms with Gasteiger partial charge in [0.2, 0.25) is 11.8 Å². The van der Waals surface area contributed by atoms with Crippen molar-refractivity contribution >= 4 is 17.5 Å². The summed E-state index contributed by atoms with van der Waals surface area (Å²) in [5, 5.41) is 17.4. The van der Waals surface area contributed by atoms with Gasteiger partial charge in [-0.15, -0.1) is 5.10 Å². The molecule has 2 N–H and O–H groups in total. The molecule has 41 heavy (non-hydrogen) atoms. The van der Waals surface area contributed by atoms with E-state index >= 15 is 0 Å². The molecule has 2 aliphatic carbocycles.